The van der Waals surface area contributed by atoms with Gasteiger partial charge in [-0.25, -0.2) is 0 Å². The van der Waals surface area contributed by atoms with Crippen LogP contribution in [0.15, 0.2) is 11.5 Å². The van der Waals surface area contributed by atoms with Gasteiger partial charge in [-0.1, -0.05) is 0 Å². The molecule has 0 amide bonds. The van der Waals surface area contributed by atoms with E-state index in [2.05, 4.69) is 22.4 Å². The molecule has 0 aromatic carbocycles. The zero-order chi connectivity index (χ0) is 6.57. The third kappa shape index (κ3) is 2.12. The molecule has 8 heavy (non-hydrogen) atoms. The van der Waals surface area contributed by atoms with Gasteiger partial charge in [-0.15, -0.1) is 0 Å². The van der Waals surface area contributed by atoms with Gasteiger partial charge in [-0.05, 0) is 19.4 Å². The Balaban J connectivity index is 3.86. The van der Waals surface area contributed by atoms with Crippen LogP contribution < -0.4 is 5.32 Å². The molecule has 48 valence electrons. The molecule has 0 atom stereocenters. The molecule has 0 aliphatic heterocycles. The number of hydrogen-bond acceptors (Lipinski definition) is 3. The Morgan fingerprint density at radius 1 is 1.50 bits per heavy atom. The van der Waals surface area contributed by atoms with E-state index in [1.54, 1.807) is 7.05 Å². The Bertz CT molecular complexity index is 90.6. The molecular formula is C5H11NOS. The molecule has 0 saturated heterocycles. The lowest BCUT2D eigenvalue weighted by Crippen LogP contribution is -2.06. The minimum atomic E-state index is 0.716. The third-order valence-electron chi connectivity index (χ3n) is 0.772. The molecule has 3 heteroatoms. The highest BCUT2D eigenvalue weighted by atomic mass is 32.1. The van der Waals surface area contributed by atoms with Crippen molar-refractivity contribution < 1.29 is 4.18 Å². The lowest BCUT2D eigenvalue weighted by atomic mass is 10.4. The lowest BCUT2D eigenvalue weighted by Gasteiger charge is -2.03. The van der Waals surface area contributed by atoms with E-state index >= 15 is 0 Å². The summed E-state index contributed by atoms with van der Waals surface area (Å²) in [5, 5.41) is 2.83. The van der Waals surface area contributed by atoms with Crippen LogP contribution in [0.4, 0.5) is 0 Å². The predicted molar refractivity (Wildman–Crippen MR) is 37.5 cm³/mol. The molecule has 0 rings (SSSR count). The van der Waals surface area contributed by atoms with Crippen molar-refractivity contribution in [1.29, 1.82) is 0 Å². The van der Waals surface area contributed by atoms with Crippen LogP contribution in [0.25, 0.3) is 0 Å². The molecule has 0 aliphatic carbocycles. The second-order valence-electron chi connectivity index (χ2n) is 1.67. The summed E-state index contributed by atoms with van der Waals surface area (Å²) in [6.07, 6.45) is 0. The highest BCUT2D eigenvalue weighted by Crippen LogP contribution is 2.00. The van der Waals surface area contributed by atoms with Crippen LogP contribution in [0.1, 0.15) is 13.8 Å². The van der Waals surface area contributed by atoms with Crippen molar-refractivity contribution in [3.05, 3.63) is 11.5 Å². The maximum atomic E-state index is 4.62. The smallest absolute Gasteiger partial charge is 0.200 e. The zero-order valence-corrected chi connectivity index (χ0v) is 6.25. The van der Waals surface area contributed by atoms with Crippen molar-refractivity contribution >= 4 is 12.9 Å². The Labute approximate surface area is 55.5 Å². The lowest BCUT2D eigenvalue weighted by molar-refractivity contribution is 0.455. The van der Waals surface area contributed by atoms with Crippen LogP contribution in [-0.2, 0) is 4.18 Å². The molecule has 0 radical (unpaired) electrons. The van der Waals surface area contributed by atoms with E-state index in [-0.39, 0.29) is 0 Å². The van der Waals surface area contributed by atoms with E-state index in [0.717, 1.165) is 5.57 Å². The van der Waals surface area contributed by atoms with Gasteiger partial charge in [0.05, 0.1) is 0 Å². The van der Waals surface area contributed by atoms with Crippen molar-refractivity contribution in [3.63, 3.8) is 0 Å². The third-order valence-corrected chi connectivity index (χ3v) is 0.955. The number of rotatable bonds is 2. The van der Waals surface area contributed by atoms with Crippen LogP contribution >= 0.6 is 12.9 Å². The average molecular weight is 133 g/mol. The van der Waals surface area contributed by atoms with E-state index in [1.807, 2.05) is 13.8 Å². The van der Waals surface area contributed by atoms with E-state index in [0.29, 0.717) is 5.88 Å². The van der Waals surface area contributed by atoms with Gasteiger partial charge in [0, 0.05) is 20.0 Å². The standard InChI is InChI=1S/C5H11NOS/c1-4(2)5(6-3)7-8/h6,8H,1-3H3. The van der Waals surface area contributed by atoms with Gasteiger partial charge >= 0.3 is 0 Å². The summed E-state index contributed by atoms with van der Waals surface area (Å²) >= 11 is 3.61. The average Bonchev–Trinajstić information content (AvgIpc) is 1.69. The highest BCUT2D eigenvalue weighted by molar-refractivity contribution is 7.75. The summed E-state index contributed by atoms with van der Waals surface area (Å²) in [6, 6.07) is 0. The van der Waals surface area contributed by atoms with E-state index in [9.17, 15) is 0 Å². The quantitative estimate of drug-likeness (QED) is 0.337. The molecule has 0 saturated carbocycles. The first-order valence-electron chi connectivity index (χ1n) is 2.39. The molecule has 2 nitrogen and oxygen atoms in total. The molecule has 0 aromatic heterocycles. The molecule has 0 heterocycles. The Kier molecular flexibility index (Phi) is 3.52. The summed E-state index contributed by atoms with van der Waals surface area (Å²) in [5.74, 6) is 0.716. The number of hydrogen-bond donors (Lipinski definition) is 2. The van der Waals surface area contributed by atoms with Crippen LogP contribution in [0.5, 0.6) is 0 Å². The second kappa shape index (κ2) is 3.66. The highest BCUT2D eigenvalue weighted by Gasteiger charge is 1.91. The van der Waals surface area contributed by atoms with E-state index in [1.165, 1.54) is 0 Å². The molecule has 0 spiro atoms. The van der Waals surface area contributed by atoms with Gasteiger partial charge in [0.1, 0.15) is 0 Å². The largest absolute Gasteiger partial charge is 0.411 e. The van der Waals surface area contributed by atoms with Gasteiger partial charge in [0.15, 0.2) is 5.88 Å². The molecular weight excluding hydrogens is 122 g/mol. The fraction of sp³-hybridized carbons (Fsp3) is 0.600. The molecule has 0 fully saturated rings. The maximum Gasteiger partial charge on any atom is 0.200 e. The van der Waals surface area contributed by atoms with Crippen molar-refractivity contribution in [1.82, 2.24) is 5.32 Å². The Morgan fingerprint density at radius 3 is 2.00 bits per heavy atom. The predicted octanol–water partition coefficient (Wildman–Crippen LogP) is 1.32. The van der Waals surface area contributed by atoms with Gasteiger partial charge in [0.25, 0.3) is 0 Å². The van der Waals surface area contributed by atoms with Crippen molar-refractivity contribution in [2.75, 3.05) is 7.05 Å². The summed E-state index contributed by atoms with van der Waals surface area (Å²) < 4.78 is 4.62. The number of nitrogens with one attached hydrogen (secondary N) is 1. The van der Waals surface area contributed by atoms with Gasteiger partial charge < -0.3 is 9.50 Å². The van der Waals surface area contributed by atoms with E-state index in [4.69, 9.17) is 0 Å². The fourth-order valence-electron chi connectivity index (χ4n) is 0.387. The molecule has 0 aliphatic rings. The van der Waals surface area contributed by atoms with Crippen LogP contribution in [0.2, 0.25) is 0 Å². The zero-order valence-electron chi connectivity index (χ0n) is 5.36. The molecule has 0 unspecified atom stereocenters. The maximum absolute atomic E-state index is 4.62. The fourth-order valence-corrected chi connectivity index (χ4v) is 0.661. The Hall–Kier alpha value is -0.310. The van der Waals surface area contributed by atoms with Gasteiger partial charge in [0.2, 0.25) is 0 Å². The number of allylic oxidation sites excluding steroid dienone is 1. The summed E-state index contributed by atoms with van der Waals surface area (Å²) in [6.45, 7) is 3.89. The molecule has 0 bridgehead atoms. The van der Waals surface area contributed by atoms with Crippen molar-refractivity contribution in [2.24, 2.45) is 0 Å². The molecule has 0 aromatic rings. The second-order valence-corrected chi connectivity index (χ2v) is 1.85. The molecule has 1 N–H and O–H groups in total. The minimum absolute atomic E-state index is 0.716. The van der Waals surface area contributed by atoms with Crippen molar-refractivity contribution in [3.8, 4) is 0 Å². The van der Waals surface area contributed by atoms with Crippen LogP contribution in [-0.4, -0.2) is 7.05 Å². The normalized spacial score (nSPS) is 8.00. The van der Waals surface area contributed by atoms with Crippen LogP contribution in [0.3, 0.4) is 0 Å². The summed E-state index contributed by atoms with van der Waals surface area (Å²) in [5.41, 5.74) is 1.09. The van der Waals surface area contributed by atoms with Crippen molar-refractivity contribution in [2.45, 2.75) is 13.8 Å². The van der Waals surface area contributed by atoms with Gasteiger partial charge in [-0.3, -0.25) is 0 Å². The van der Waals surface area contributed by atoms with Crippen LogP contribution in [0, 0.1) is 0 Å². The first kappa shape index (κ1) is 7.69. The minimum Gasteiger partial charge on any atom is -0.411 e. The summed E-state index contributed by atoms with van der Waals surface area (Å²) in [7, 11) is 1.79. The first-order chi connectivity index (χ1) is 3.72. The topological polar surface area (TPSA) is 21.3 Å². The SMILES string of the molecule is CNC(OS)=C(C)C. The summed E-state index contributed by atoms with van der Waals surface area (Å²) in [4.78, 5) is 0. The first-order valence-corrected chi connectivity index (χ1v) is 2.75. The monoisotopic (exact) mass is 133 g/mol. The number of thiol groups is 1. The Morgan fingerprint density at radius 2 is 2.00 bits per heavy atom. The van der Waals surface area contributed by atoms with Gasteiger partial charge in [-0.2, -0.15) is 0 Å². The van der Waals surface area contributed by atoms with E-state index < -0.39 is 0 Å².